The fraction of sp³-hybridized carbons (Fsp3) is 0.500. The molecule has 0 aromatic carbocycles. The topological polar surface area (TPSA) is 136 Å². The van der Waals surface area contributed by atoms with Gasteiger partial charge in [-0.25, -0.2) is 14.6 Å². The fourth-order valence-electron chi connectivity index (χ4n) is 3.64. The number of anilines is 1. The van der Waals surface area contributed by atoms with Crippen LogP contribution < -0.4 is 10.6 Å². The Morgan fingerprint density at radius 3 is 3.07 bits per heavy atom. The third-order valence-corrected chi connectivity index (χ3v) is 4.85. The van der Waals surface area contributed by atoms with Gasteiger partial charge < -0.3 is 20.2 Å². The molecule has 10 heteroatoms. The number of oxazole rings is 1. The minimum absolute atomic E-state index is 0.00186. The van der Waals surface area contributed by atoms with E-state index in [0.29, 0.717) is 42.0 Å². The lowest BCUT2D eigenvalue weighted by atomic mass is 9.94. The van der Waals surface area contributed by atoms with Crippen LogP contribution >= 0.6 is 0 Å². The molecule has 3 aromatic heterocycles. The van der Waals surface area contributed by atoms with Gasteiger partial charge in [0, 0.05) is 25.7 Å². The lowest BCUT2D eigenvalue weighted by Crippen LogP contribution is -2.36. The highest BCUT2D eigenvalue weighted by molar-refractivity contribution is 5.75. The number of hydrogen-bond acceptors (Lipinski definition) is 8. The molecule has 4 rings (SSSR count). The highest BCUT2D eigenvalue weighted by Crippen LogP contribution is 2.27. The maximum atomic E-state index is 11.2. The van der Waals surface area contributed by atoms with Crippen molar-refractivity contribution in [3.05, 3.63) is 30.0 Å². The van der Waals surface area contributed by atoms with Gasteiger partial charge in [0.25, 0.3) is 6.01 Å². The lowest BCUT2D eigenvalue weighted by Gasteiger charge is -2.31. The van der Waals surface area contributed by atoms with Crippen molar-refractivity contribution in [2.75, 3.05) is 24.6 Å². The van der Waals surface area contributed by atoms with Gasteiger partial charge in [0.15, 0.2) is 11.4 Å². The van der Waals surface area contributed by atoms with Crippen molar-refractivity contribution in [1.82, 2.24) is 24.7 Å². The van der Waals surface area contributed by atoms with Crippen LogP contribution in [-0.2, 0) is 24.2 Å². The van der Waals surface area contributed by atoms with Crippen LogP contribution in [0.25, 0.3) is 11.2 Å². The Labute approximate surface area is 161 Å². The highest BCUT2D eigenvalue weighted by Gasteiger charge is 2.26. The molecule has 1 aliphatic rings. The van der Waals surface area contributed by atoms with E-state index in [9.17, 15) is 9.90 Å². The maximum Gasteiger partial charge on any atom is 0.299 e. The van der Waals surface area contributed by atoms with Crippen molar-refractivity contribution >= 4 is 23.2 Å². The summed E-state index contributed by atoms with van der Waals surface area (Å²) in [6, 6.07) is 4.27. The van der Waals surface area contributed by atoms with Gasteiger partial charge in [-0.3, -0.25) is 4.79 Å². The zero-order valence-corrected chi connectivity index (χ0v) is 15.5. The Bertz CT molecular complexity index is 934. The van der Waals surface area contributed by atoms with Crippen LogP contribution in [0.5, 0.6) is 0 Å². The second-order valence-electron chi connectivity index (χ2n) is 7.01. The molecule has 0 bridgehead atoms. The molecule has 0 spiro atoms. The van der Waals surface area contributed by atoms with Crippen LogP contribution in [0, 0.1) is 5.92 Å². The molecule has 4 heterocycles. The minimum atomic E-state index is -0.471. The number of piperidine rings is 1. The van der Waals surface area contributed by atoms with E-state index >= 15 is 0 Å². The molecule has 0 saturated carbocycles. The van der Waals surface area contributed by atoms with Crippen LogP contribution in [0.1, 0.15) is 24.5 Å². The summed E-state index contributed by atoms with van der Waals surface area (Å²) in [6.07, 6.45) is 4.45. The van der Waals surface area contributed by atoms with Crippen LogP contribution in [0.15, 0.2) is 22.7 Å². The van der Waals surface area contributed by atoms with Gasteiger partial charge >= 0.3 is 0 Å². The van der Waals surface area contributed by atoms with E-state index < -0.39 is 5.91 Å². The van der Waals surface area contributed by atoms with Crippen LogP contribution in [0.3, 0.4) is 0 Å². The molecule has 10 nitrogen and oxygen atoms in total. The van der Waals surface area contributed by atoms with Crippen LogP contribution in [-0.4, -0.2) is 55.4 Å². The summed E-state index contributed by atoms with van der Waals surface area (Å²) in [5.41, 5.74) is 6.54. The van der Waals surface area contributed by atoms with Crippen LogP contribution in [0.2, 0.25) is 0 Å². The Kier molecular flexibility index (Phi) is 5.20. The molecule has 0 radical (unpaired) electrons. The molecule has 1 amide bonds. The summed E-state index contributed by atoms with van der Waals surface area (Å²) in [5.74, 6) is 1.02. The predicted molar refractivity (Wildman–Crippen MR) is 100 cm³/mol. The number of hydrogen-bond donors (Lipinski definition) is 2. The van der Waals surface area contributed by atoms with Crippen molar-refractivity contribution in [3.63, 3.8) is 0 Å². The first-order valence-corrected chi connectivity index (χ1v) is 9.40. The number of primary amides is 1. The highest BCUT2D eigenvalue weighted by atomic mass is 16.4. The number of carbonyl (C=O) groups is 1. The van der Waals surface area contributed by atoms with E-state index in [1.54, 1.807) is 10.9 Å². The Morgan fingerprint density at radius 2 is 2.29 bits per heavy atom. The number of nitrogens with zero attached hydrogens (tertiary/aromatic N) is 6. The second-order valence-corrected chi connectivity index (χ2v) is 7.01. The number of nitrogens with two attached hydrogens (primary N) is 1. The number of amides is 1. The Hall–Kier alpha value is -3.01. The predicted octanol–water partition coefficient (Wildman–Crippen LogP) is 0.293. The van der Waals surface area contributed by atoms with Gasteiger partial charge in [-0.2, -0.15) is 10.1 Å². The molecular weight excluding hydrogens is 362 g/mol. The molecule has 0 aliphatic carbocycles. The number of aliphatic hydroxyl groups excluding tert-OH is 1. The quantitative estimate of drug-likeness (QED) is 0.592. The summed E-state index contributed by atoms with van der Waals surface area (Å²) in [6.45, 7) is 1.96. The van der Waals surface area contributed by atoms with Crippen molar-refractivity contribution in [2.24, 2.45) is 11.7 Å². The standard InChI is InChI=1S/C18H23N7O3/c19-14(27)10-15-21-16(25(23-15)7-8-26)9-12-3-2-6-24(11-12)18-22-17-13(28-18)4-1-5-20-17/h1,4-5,12,26H,2-3,6-11H2,(H2,19,27). The van der Waals surface area contributed by atoms with Crippen molar-refractivity contribution in [1.29, 1.82) is 0 Å². The summed E-state index contributed by atoms with van der Waals surface area (Å²) in [5, 5.41) is 13.6. The molecule has 1 aliphatic heterocycles. The number of aromatic nitrogens is 5. The number of pyridine rings is 1. The number of fused-ring (bicyclic) bond motifs is 1. The summed E-state index contributed by atoms with van der Waals surface area (Å²) in [7, 11) is 0. The second kappa shape index (κ2) is 7.93. The van der Waals surface area contributed by atoms with Gasteiger partial charge in [0.2, 0.25) is 11.6 Å². The Balaban J connectivity index is 1.49. The van der Waals surface area contributed by atoms with Gasteiger partial charge in [0.05, 0.1) is 19.6 Å². The molecular formula is C18H23N7O3. The third kappa shape index (κ3) is 3.96. The average molecular weight is 385 g/mol. The molecule has 28 heavy (non-hydrogen) atoms. The molecule has 3 N–H and O–H groups in total. The largest absolute Gasteiger partial charge is 0.422 e. The van der Waals surface area contributed by atoms with Gasteiger partial charge in [-0.15, -0.1) is 0 Å². The Morgan fingerprint density at radius 1 is 1.39 bits per heavy atom. The summed E-state index contributed by atoms with van der Waals surface area (Å²) >= 11 is 0. The zero-order valence-electron chi connectivity index (χ0n) is 15.5. The number of aliphatic hydroxyl groups is 1. The monoisotopic (exact) mass is 385 g/mol. The third-order valence-electron chi connectivity index (χ3n) is 4.85. The molecule has 148 valence electrons. The first-order chi connectivity index (χ1) is 13.6. The van der Waals surface area contributed by atoms with Crippen molar-refractivity contribution in [2.45, 2.75) is 32.2 Å². The van der Waals surface area contributed by atoms with E-state index in [1.807, 2.05) is 12.1 Å². The first-order valence-electron chi connectivity index (χ1n) is 9.40. The summed E-state index contributed by atoms with van der Waals surface area (Å²) < 4.78 is 7.52. The molecule has 3 aromatic rings. The smallest absolute Gasteiger partial charge is 0.299 e. The minimum Gasteiger partial charge on any atom is -0.422 e. The number of rotatable bonds is 7. The van der Waals surface area contributed by atoms with Gasteiger partial charge in [-0.05, 0) is 30.9 Å². The van der Waals surface area contributed by atoms with Gasteiger partial charge in [-0.1, -0.05) is 0 Å². The van der Waals surface area contributed by atoms with E-state index in [4.69, 9.17) is 10.2 Å². The summed E-state index contributed by atoms with van der Waals surface area (Å²) in [4.78, 5) is 26.5. The fourth-order valence-corrected chi connectivity index (χ4v) is 3.64. The molecule has 1 atom stereocenters. The van der Waals surface area contributed by atoms with Crippen molar-refractivity contribution in [3.8, 4) is 0 Å². The molecule has 1 saturated heterocycles. The van der Waals surface area contributed by atoms with E-state index in [2.05, 4.69) is 25.0 Å². The normalized spacial score (nSPS) is 17.3. The number of carbonyl (C=O) groups excluding carboxylic acids is 1. The van der Waals surface area contributed by atoms with Crippen LogP contribution in [0.4, 0.5) is 6.01 Å². The first kappa shape index (κ1) is 18.4. The van der Waals surface area contributed by atoms with E-state index in [0.717, 1.165) is 31.8 Å². The lowest BCUT2D eigenvalue weighted by molar-refractivity contribution is -0.117. The molecule has 1 fully saturated rings. The molecule has 1 unspecified atom stereocenters. The van der Waals surface area contributed by atoms with E-state index in [1.165, 1.54) is 0 Å². The van der Waals surface area contributed by atoms with Crippen molar-refractivity contribution < 1.29 is 14.3 Å². The van der Waals surface area contributed by atoms with Gasteiger partial charge in [0.1, 0.15) is 5.82 Å². The van der Waals surface area contributed by atoms with E-state index in [-0.39, 0.29) is 13.0 Å². The average Bonchev–Trinajstić information content (AvgIpc) is 3.26. The zero-order chi connectivity index (χ0) is 19.5. The SMILES string of the molecule is NC(=O)Cc1nc(CC2CCCN(c3nc4ncccc4o3)C2)n(CCO)n1. The maximum absolute atomic E-state index is 11.2.